The number of nitrogen functional groups attached to an aromatic ring is 1. The molecule has 0 spiro atoms. The Hall–Kier alpha value is -1.33. The van der Waals surface area contributed by atoms with Gasteiger partial charge in [-0.2, -0.15) is 35.8 Å². The van der Waals surface area contributed by atoms with Crippen molar-refractivity contribution in [3.63, 3.8) is 0 Å². The smallest absolute Gasteiger partial charge is 0.335 e. The number of nitrogens with zero attached hydrogens (tertiary/aromatic N) is 2. The second-order valence-electron chi connectivity index (χ2n) is 2.87. The maximum absolute atomic E-state index is 13.0. The summed E-state index contributed by atoms with van der Waals surface area (Å²) in [5, 5.41) is 4.13. The molecule has 0 saturated heterocycles. The van der Waals surface area contributed by atoms with Crippen molar-refractivity contribution in [2.45, 2.75) is 18.0 Å². The zero-order valence-electron chi connectivity index (χ0n) is 7.53. The van der Waals surface area contributed by atoms with Gasteiger partial charge in [0.2, 0.25) is 10.6 Å². The first-order valence-electron chi connectivity index (χ1n) is 3.68. The van der Waals surface area contributed by atoms with Crippen LogP contribution in [-0.2, 0) is 5.92 Å². The van der Waals surface area contributed by atoms with Crippen molar-refractivity contribution in [1.29, 1.82) is 0 Å². The first-order chi connectivity index (χ1) is 7.43. The molecule has 0 aliphatic rings. The number of hydrogen-bond acceptors (Lipinski definition) is 3. The van der Waals surface area contributed by atoms with Crippen LogP contribution in [0.25, 0.3) is 0 Å². The van der Waals surface area contributed by atoms with Gasteiger partial charge >= 0.3 is 18.0 Å². The molecule has 4 nitrogen and oxygen atoms in total. The van der Waals surface area contributed by atoms with Crippen molar-refractivity contribution in [3.05, 3.63) is 10.6 Å². The largest absolute Gasteiger partial charge is 0.460 e. The second-order valence-corrected chi connectivity index (χ2v) is 3.26. The maximum Gasteiger partial charge on any atom is 0.460 e. The minimum absolute atomic E-state index is 0.255. The van der Waals surface area contributed by atoms with Gasteiger partial charge in [-0.15, -0.1) is 0 Å². The predicted molar refractivity (Wildman–Crippen MR) is 42.5 cm³/mol. The lowest BCUT2D eigenvalue weighted by molar-refractivity contribution is -0.361. The summed E-state index contributed by atoms with van der Waals surface area (Å²) in [5.41, 5.74) is 0. The van der Waals surface area contributed by atoms with Crippen molar-refractivity contribution in [3.8, 4) is 0 Å². The Kier molecular flexibility index (Phi) is 2.89. The summed E-state index contributed by atoms with van der Waals surface area (Å²) in [4.78, 5) is 0. The molecule has 98 valence electrons. The second kappa shape index (κ2) is 3.58. The van der Waals surface area contributed by atoms with Gasteiger partial charge in [0.05, 0.1) is 0 Å². The summed E-state index contributed by atoms with van der Waals surface area (Å²) in [6, 6.07) is 0. The third kappa shape index (κ3) is 1.85. The van der Waals surface area contributed by atoms with Crippen LogP contribution in [0.5, 0.6) is 0 Å². The molecule has 1 aromatic rings. The van der Waals surface area contributed by atoms with Crippen LogP contribution in [-0.4, -0.2) is 27.0 Å². The molecule has 1 heterocycles. The van der Waals surface area contributed by atoms with Crippen LogP contribution in [0, 0.1) is 4.77 Å². The minimum Gasteiger partial charge on any atom is -0.335 e. The molecule has 0 saturated carbocycles. The van der Waals surface area contributed by atoms with Crippen molar-refractivity contribution in [2.75, 3.05) is 5.84 Å². The van der Waals surface area contributed by atoms with Crippen LogP contribution in [0.3, 0.4) is 0 Å². The number of alkyl halides is 7. The summed E-state index contributed by atoms with van der Waals surface area (Å²) in [5.74, 6) is -9.21. The van der Waals surface area contributed by atoms with Crippen LogP contribution in [0.15, 0.2) is 0 Å². The number of rotatable bonds is 2. The molecule has 0 aliphatic carbocycles. The van der Waals surface area contributed by atoms with Crippen LogP contribution in [0.4, 0.5) is 30.7 Å². The van der Waals surface area contributed by atoms with Gasteiger partial charge in [-0.1, -0.05) is 0 Å². The SMILES string of the molecule is Nn1c(C(F)(F)C(F)(F)C(F)(F)F)n[nH]c1=S. The molecule has 0 aliphatic heterocycles. The van der Waals surface area contributed by atoms with Gasteiger partial charge in [0, 0.05) is 0 Å². The Morgan fingerprint density at radius 1 is 1.12 bits per heavy atom. The quantitative estimate of drug-likeness (QED) is 0.496. The predicted octanol–water partition coefficient (Wildman–Crippen LogP) is 1.94. The zero-order chi connectivity index (χ0) is 13.6. The maximum atomic E-state index is 13.0. The Balaban J connectivity index is 3.38. The van der Waals surface area contributed by atoms with E-state index in [0.29, 0.717) is 0 Å². The van der Waals surface area contributed by atoms with E-state index in [-0.39, 0.29) is 4.68 Å². The number of nitrogens with two attached hydrogens (primary N) is 1. The van der Waals surface area contributed by atoms with Crippen LogP contribution < -0.4 is 5.84 Å². The van der Waals surface area contributed by atoms with Gasteiger partial charge in [0.15, 0.2) is 0 Å². The molecule has 12 heteroatoms. The average Bonchev–Trinajstić information content (AvgIpc) is 2.45. The molecule has 0 unspecified atom stereocenters. The van der Waals surface area contributed by atoms with Crippen LogP contribution in [0.2, 0.25) is 0 Å². The third-order valence-electron chi connectivity index (χ3n) is 1.74. The summed E-state index contributed by atoms with van der Waals surface area (Å²) >= 11 is 4.22. The number of aromatic amines is 1. The first kappa shape index (κ1) is 13.7. The van der Waals surface area contributed by atoms with Gasteiger partial charge < -0.3 is 5.84 Å². The molecule has 1 rings (SSSR count). The molecule has 0 fully saturated rings. The van der Waals surface area contributed by atoms with Gasteiger partial charge in [-0.25, -0.2) is 9.77 Å². The van der Waals surface area contributed by atoms with E-state index in [4.69, 9.17) is 5.84 Å². The van der Waals surface area contributed by atoms with E-state index in [1.807, 2.05) is 0 Å². The van der Waals surface area contributed by atoms with Gasteiger partial charge in [-0.3, -0.25) is 0 Å². The molecule has 0 radical (unpaired) electrons. The van der Waals surface area contributed by atoms with Crippen molar-refractivity contribution >= 4 is 12.2 Å². The number of H-pyrrole nitrogens is 1. The number of hydrogen-bond donors (Lipinski definition) is 2. The molecule has 0 aromatic carbocycles. The lowest BCUT2D eigenvalue weighted by Gasteiger charge is -2.26. The fourth-order valence-electron chi connectivity index (χ4n) is 0.845. The summed E-state index contributed by atoms with van der Waals surface area (Å²) in [6.07, 6.45) is -6.45. The number of aromatic nitrogens is 3. The van der Waals surface area contributed by atoms with E-state index in [0.717, 1.165) is 0 Å². The molecule has 0 atom stereocenters. The normalized spacial score (nSPS) is 14.1. The third-order valence-corrected chi connectivity index (χ3v) is 2.02. The van der Waals surface area contributed by atoms with E-state index in [1.54, 1.807) is 5.10 Å². The highest BCUT2D eigenvalue weighted by Crippen LogP contribution is 2.50. The van der Waals surface area contributed by atoms with Gasteiger partial charge in [-0.05, 0) is 12.2 Å². The highest BCUT2D eigenvalue weighted by molar-refractivity contribution is 7.71. The molecule has 0 bridgehead atoms. The Morgan fingerprint density at radius 3 is 1.88 bits per heavy atom. The average molecular weight is 284 g/mol. The summed E-state index contributed by atoms with van der Waals surface area (Å²) in [6.45, 7) is 0. The summed E-state index contributed by atoms with van der Waals surface area (Å²) < 4.78 is 85.6. The lowest BCUT2D eigenvalue weighted by Crippen LogP contribution is -2.51. The molecule has 0 amide bonds. The highest BCUT2D eigenvalue weighted by Gasteiger charge is 2.75. The molecular formula is C5H3F7N4S. The molecule has 1 aromatic heterocycles. The minimum atomic E-state index is -6.45. The van der Waals surface area contributed by atoms with E-state index < -0.39 is 28.6 Å². The fourth-order valence-corrected chi connectivity index (χ4v) is 0.977. The van der Waals surface area contributed by atoms with Gasteiger partial charge in [0.1, 0.15) is 0 Å². The Morgan fingerprint density at radius 2 is 1.59 bits per heavy atom. The highest BCUT2D eigenvalue weighted by atomic mass is 32.1. The summed E-state index contributed by atoms with van der Waals surface area (Å²) in [7, 11) is 0. The van der Waals surface area contributed by atoms with E-state index in [9.17, 15) is 30.7 Å². The Bertz CT molecular complexity index is 471. The van der Waals surface area contributed by atoms with Crippen molar-refractivity contribution in [1.82, 2.24) is 14.9 Å². The molecule has 3 N–H and O–H groups in total. The number of halogens is 7. The van der Waals surface area contributed by atoms with Crippen LogP contribution in [0.1, 0.15) is 5.82 Å². The fraction of sp³-hybridized carbons (Fsp3) is 0.600. The topological polar surface area (TPSA) is 59.6 Å². The number of nitrogens with one attached hydrogen (secondary N) is 1. The molecule has 17 heavy (non-hydrogen) atoms. The van der Waals surface area contributed by atoms with E-state index in [2.05, 4.69) is 17.3 Å². The zero-order valence-corrected chi connectivity index (χ0v) is 8.34. The van der Waals surface area contributed by atoms with E-state index in [1.165, 1.54) is 0 Å². The van der Waals surface area contributed by atoms with Crippen molar-refractivity contribution < 1.29 is 30.7 Å². The molecular weight excluding hydrogens is 281 g/mol. The van der Waals surface area contributed by atoms with Crippen molar-refractivity contribution in [2.24, 2.45) is 0 Å². The lowest BCUT2D eigenvalue weighted by atomic mass is 10.1. The first-order valence-corrected chi connectivity index (χ1v) is 4.09. The Labute approximate surface area is 93.2 Å². The van der Waals surface area contributed by atoms with E-state index >= 15 is 0 Å². The van der Waals surface area contributed by atoms with Crippen LogP contribution >= 0.6 is 12.2 Å². The standard InChI is InChI=1S/C5H3F7N4S/c6-3(7,4(8,9)5(10,11)12)1-14-15-2(17)16(1)13/h13H2,(H,15,17). The monoisotopic (exact) mass is 284 g/mol. The van der Waals surface area contributed by atoms with Gasteiger partial charge in [0.25, 0.3) is 0 Å².